The molecule has 0 radical (unpaired) electrons. The molecule has 4 heteroatoms. The highest BCUT2D eigenvalue weighted by molar-refractivity contribution is 8.05. The van der Waals surface area contributed by atoms with Gasteiger partial charge in [-0.3, -0.25) is 0 Å². The fourth-order valence-electron chi connectivity index (χ4n) is 1.66. The van der Waals surface area contributed by atoms with Crippen LogP contribution < -0.4 is 5.73 Å². The summed E-state index contributed by atoms with van der Waals surface area (Å²) in [5.74, 6) is 0. The molecule has 1 unspecified atom stereocenters. The highest BCUT2D eigenvalue weighted by Gasteiger charge is 2.20. The zero-order valence-electron chi connectivity index (χ0n) is 8.96. The van der Waals surface area contributed by atoms with E-state index in [1.165, 1.54) is 11.8 Å². The number of rotatable bonds is 2. The van der Waals surface area contributed by atoms with Crippen LogP contribution in [0.1, 0.15) is 5.56 Å². The molecule has 0 bridgehead atoms. The number of thiocarbonyl (C=S) groups is 1. The van der Waals surface area contributed by atoms with Crippen LogP contribution in [0, 0.1) is 11.3 Å². The van der Waals surface area contributed by atoms with Gasteiger partial charge in [0.1, 0.15) is 6.07 Å². The molecule has 1 aromatic rings. The molecule has 1 aliphatic rings. The molecule has 0 amide bonds. The van der Waals surface area contributed by atoms with Gasteiger partial charge in [-0.25, -0.2) is 0 Å². The van der Waals surface area contributed by atoms with Crippen molar-refractivity contribution in [2.45, 2.75) is 5.25 Å². The summed E-state index contributed by atoms with van der Waals surface area (Å²) >= 11 is 6.37. The van der Waals surface area contributed by atoms with Crippen molar-refractivity contribution in [3.63, 3.8) is 0 Å². The molecule has 1 atom stereocenters. The van der Waals surface area contributed by atoms with Gasteiger partial charge < -0.3 is 5.73 Å². The fourth-order valence-corrected chi connectivity index (χ4v) is 2.73. The van der Waals surface area contributed by atoms with Gasteiger partial charge in [-0.1, -0.05) is 60.4 Å². The van der Waals surface area contributed by atoms with E-state index in [9.17, 15) is 5.26 Å². The van der Waals surface area contributed by atoms with Crippen molar-refractivity contribution in [2.75, 3.05) is 0 Å². The first kappa shape index (κ1) is 11.9. The maximum absolute atomic E-state index is 9.17. The normalized spacial score (nSPS) is 19.5. The van der Waals surface area contributed by atoms with Crippen molar-refractivity contribution < 1.29 is 0 Å². The number of thioether (sulfide) groups is 1. The molecule has 0 aromatic heterocycles. The van der Waals surface area contributed by atoms with Crippen molar-refractivity contribution in [2.24, 2.45) is 5.73 Å². The molecular weight excluding hydrogens is 248 g/mol. The first-order valence-electron chi connectivity index (χ1n) is 5.05. The summed E-state index contributed by atoms with van der Waals surface area (Å²) in [6, 6.07) is 11.9. The largest absolute Gasteiger partial charge is 0.392 e. The van der Waals surface area contributed by atoms with Crippen LogP contribution in [0.5, 0.6) is 0 Å². The molecule has 0 aliphatic carbocycles. The Morgan fingerprint density at radius 2 is 2.06 bits per heavy atom. The Kier molecular flexibility index (Phi) is 3.62. The van der Waals surface area contributed by atoms with Crippen LogP contribution in [-0.2, 0) is 0 Å². The van der Waals surface area contributed by atoms with E-state index in [-0.39, 0.29) is 5.25 Å². The smallest absolute Gasteiger partial charge is 0.103 e. The van der Waals surface area contributed by atoms with E-state index >= 15 is 0 Å². The lowest BCUT2D eigenvalue weighted by molar-refractivity contribution is 1.39. The Labute approximate surface area is 110 Å². The number of allylic oxidation sites excluding steroid dienone is 2. The van der Waals surface area contributed by atoms with Crippen molar-refractivity contribution in [3.8, 4) is 6.07 Å². The molecule has 1 heterocycles. The first-order valence-corrected chi connectivity index (χ1v) is 6.40. The molecule has 1 aromatic carbocycles. The predicted octanol–water partition coefficient (Wildman–Crippen LogP) is 2.88. The average molecular weight is 258 g/mol. The highest BCUT2D eigenvalue weighted by Crippen LogP contribution is 2.35. The fraction of sp³-hybridized carbons (Fsp3) is 0.0769. The summed E-state index contributed by atoms with van der Waals surface area (Å²) in [7, 11) is 0. The molecule has 2 nitrogen and oxygen atoms in total. The van der Waals surface area contributed by atoms with Gasteiger partial charge in [0.15, 0.2) is 0 Å². The Bertz CT molecular complexity index is 538. The van der Waals surface area contributed by atoms with Crippen LogP contribution >= 0.6 is 24.0 Å². The van der Waals surface area contributed by atoms with Crippen LogP contribution in [0.3, 0.4) is 0 Å². The standard InChI is InChI=1S/C13H10N2S2/c14-7-12-11(9-4-2-1-3-5-9)6-10(8-16)17-13(12)15/h1-6,8,10H,15H2. The van der Waals surface area contributed by atoms with Crippen molar-refractivity contribution in [3.05, 3.63) is 52.6 Å². The molecule has 2 rings (SSSR count). The van der Waals surface area contributed by atoms with Crippen molar-refractivity contribution >= 4 is 34.9 Å². The minimum atomic E-state index is 0.0531. The van der Waals surface area contributed by atoms with Crippen molar-refractivity contribution in [1.82, 2.24) is 0 Å². The summed E-state index contributed by atoms with van der Waals surface area (Å²) in [6.45, 7) is 0. The molecule has 0 fully saturated rings. The minimum Gasteiger partial charge on any atom is -0.392 e. The molecule has 0 saturated heterocycles. The molecule has 17 heavy (non-hydrogen) atoms. The molecule has 2 N–H and O–H groups in total. The van der Waals surface area contributed by atoms with E-state index in [0.29, 0.717) is 10.6 Å². The van der Waals surface area contributed by atoms with Crippen LogP contribution in [0.25, 0.3) is 5.57 Å². The van der Waals surface area contributed by atoms with Crippen LogP contribution in [0.4, 0.5) is 0 Å². The van der Waals surface area contributed by atoms with E-state index in [1.807, 2.05) is 36.4 Å². The molecule has 0 saturated carbocycles. The van der Waals surface area contributed by atoms with Gasteiger partial charge in [-0.05, 0) is 16.5 Å². The monoisotopic (exact) mass is 258 g/mol. The lowest BCUT2D eigenvalue weighted by Crippen LogP contribution is -2.12. The summed E-state index contributed by atoms with van der Waals surface area (Å²) in [5, 5.41) is 11.4. The molecule has 84 valence electrons. The maximum Gasteiger partial charge on any atom is 0.103 e. The zero-order valence-corrected chi connectivity index (χ0v) is 10.6. The Morgan fingerprint density at radius 3 is 2.65 bits per heavy atom. The van der Waals surface area contributed by atoms with Crippen LogP contribution in [-0.4, -0.2) is 10.6 Å². The number of hydrogen-bond acceptors (Lipinski definition) is 4. The summed E-state index contributed by atoms with van der Waals surface area (Å²) in [6.07, 6.45) is 1.99. The zero-order chi connectivity index (χ0) is 12.3. The van der Waals surface area contributed by atoms with Gasteiger partial charge in [-0.15, -0.1) is 0 Å². The van der Waals surface area contributed by atoms with E-state index in [4.69, 9.17) is 18.0 Å². The maximum atomic E-state index is 9.17. The number of hydrogen-bond donors (Lipinski definition) is 1. The predicted molar refractivity (Wildman–Crippen MR) is 76.3 cm³/mol. The first-order chi connectivity index (χ1) is 8.26. The number of nitrogens with two attached hydrogens (primary N) is 1. The second-order valence-electron chi connectivity index (χ2n) is 3.52. The average Bonchev–Trinajstić information content (AvgIpc) is 2.38. The van der Waals surface area contributed by atoms with E-state index in [0.717, 1.165) is 11.1 Å². The van der Waals surface area contributed by atoms with Crippen molar-refractivity contribution in [1.29, 1.82) is 5.26 Å². The molecular formula is C13H10N2S2. The van der Waals surface area contributed by atoms with Gasteiger partial charge in [0.25, 0.3) is 0 Å². The van der Waals surface area contributed by atoms with Gasteiger partial charge in [0.2, 0.25) is 0 Å². The third-order valence-electron chi connectivity index (χ3n) is 2.44. The summed E-state index contributed by atoms with van der Waals surface area (Å²) in [5.41, 5.74) is 8.30. The topological polar surface area (TPSA) is 49.8 Å². The molecule has 0 spiro atoms. The van der Waals surface area contributed by atoms with E-state index in [1.54, 1.807) is 5.37 Å². The Hall–Kier alpha value is -1.57. The van der Waals surface area contributed by atoms with Gasteiger partial charge in [0.05, 0.1) is 15.9 Å². The third-order valence-corrected chi connectivity index (χ3v) is 3.91. The highest BCUT2D eigenvalue weighted by atomic mass is 32.2. The van der Waals surface area contributed by atoms with E-state index < -0.39 is 0 Å². The Balaban J connectivity index is 2.52. The third kappa shape index (κ3) is 2.41. The lowest BCUT2D eigenvalue weighted by Gasteiger charge is -2.19. The van der Waals surface area contributed by atoms with Gasteiger partial charge in [-0.2, -0.15) is 5.26 Å². The number of benzene rings is 1. The summed E-state index contributed by atoms with van der Waals surface area (Å²) in [4.78, 5) is 0. The van der Waals surface area contributed by atoms with E-state index in [2.05, 4.69) is 6.07 Å². The van der Waals surface area contributed by atoms with Crippen LogP contribution in [0.15, 0.2) is 47.0 Å². The van der Waals surface area contributed by atoms with Gasteiger partial charge >= 0.3 is 0 Å². The second-order valence-corrected chi connectivity index (χ2v) is 5.01. The minimum absolute atomic E-state index is 0.0531. The van der Waals surface area contributed by atoms with Gasteiger partial charge in [0, 0.05) is 0 Å². The second kappa shape index (κ2) is 5.17. The molecule has 1 aliphatic heterocycles. The number of nitrogens with zero attached hydrogens (tertiary/aromatic N) is 1. The van der Waals surface area contributed by atoms with Crippen LogP contribution in [0.2, 0.25) is 0 Å². The Morgan fingerprint density at radius 1 is 1.35 bits per heavy atom. The quantitative estimate of drug-likeness (QED) is 0.829. The number of nitriles is 1. The summed E-state index contributed by atoms with van der Waals surface area (Å²) < 4.78 is 0. The lowest BCUT2D eigenvalue weighted by atomic mass is 9.98. The SMILES string of the molecule is N#CC1=C(N)SC(C=S)C=C1c1ccccc1.